The molecule has 0 aromatic heterocycles. The fraction of sp³-hybridized carbons (Fsp3) is 0.933. The number of nitrogens with zero attached hydrogens (tertiary/aromatic N) is 1. The number of hydrogen-bond acceptors (Lipinski definition) is 3. The van der Waals surface area contributed by atoms with Crippen LogP contribution in [-0.2, 0) is 4.79 Å². The summed E-state index contributed by atoms with van der Waals surface area (Å²) in [5.41, 5.74) is 0. The van der Waals surface area contributed by atoms with Gasteiger partial charge in [0.05, 0.1) is 6.54 Å². The monoisotopic (exact) mass is 303 g/mol. The van der Waals surface area contributed by atoms with E-state index in [2.05, 4.69) is 29.4 Å². The van der Waals surface area contributed by atoms with Crippen molar-refractivity contribution in [1.29, 1.82) is 0 Å². The summed E-state index contributed by atoms with van der Waals surface area (Å²) in [4.78, 5) is 14.2. The number of hydrogen-bond donors (Lipinski definition) is 2. The highest BCUT2D eigenvalue weighted by Gasteiger charge is 2.39. The van der Waals surface area contributed by atoms with Crippen molar-refractivity contribution < 1.29 is 4.79 Å². The summed E-state index contributed by atoms with van der Waals surface area (Å²) in [6, 6.07) is 0.468. The predicted molar refractivity (Wildman–Crippen MR) is 85.3 cm³/mol. The number of carbonyl (C=O) groups excluding carboxylic acids is 1. The minimum absolute atomic E-state index is 0. The molecule has 118 valence electrons. The number of halogens is 1. The van der Waals surface area contributed by atoms with Crippen molar-refractivity contribution in [2.45, 2.75) is 45.6 Å². The van der Waals surface area contributed by atoms with Crippen molar-refractivity contribution in [3.05, 3.63) is 0 Å². The third-order valence-corrected chi connectivity index (χ3v) is 4.87. The van der Waals surface area contributed by atoms with E-state index in [1.165, 1.54) is 25.7 Å². The van der Waals surface area contributed by atoms with Crippen molar-refractivity contribution in [3.63, 3.8) is 0 Å². The van der Waals surface area contributed by atoms with Crippen molar-refractivity contribution in [2.24, 2.45) is 11.8 Å². The highest BCUT2D eigenvalue weighted by Crippen LogP contribution is 2.44. The zero-order chi connectivity index (χ0) is 13.7. The van der Waals surface area contributed by atoms with E-state index in [0.29, 0.717) is 12.6 Å². The third-order valence-electron chi connectivity index (χ3n) is 4.87. The molecule has 2 rings (SSSR count). The smallest absolute Gasteiger partial charge is 0.234 e. The second kappa shape index (κ2) is 8.85. The highest BCUT2D eigenvalue weighted by molar-refractivity contribution is 5.85. The van der Waals surface area contributed by atoms with E-state index in [0.717, 1.165) is 38.0 Å². The van der Waals surface area contributed by atoms with Crippen LogP contribution in [0.1, 0.15) is 39.5 Å². The van der Waals surface area contributed by atoms with Gasteiger partial charge in [0.25, 0.3) is 0 Å². The van der Waals surface area contributed by atoms with E-state index >= 15 is 0 Å². The number of rotatable bonds is 8. The van der Waals surface area contributed by atoms with Crippen molar-refractivity contribution >= 4 is 18.3 Å². The highest BCUT2D eigenvalue weighted by atomic mass is 35.5. The van der Waals surface area contributed by atoms with Gasteiger partial charge >= 0.3 is 0 Å². The Kier molecular flexibility index (Phi) is 7.85. The molecule has 2 aliphatic rings. The fourth-order valence-corrected chi connectivity index (χ4v) is 3.66. The molecule has 2 aliphatic carbocycles. The first-order chi connectivity index (χ1) is 9.22. The molecule has 5 heteroatoms. The molecule has 1 amide bonds. The van der Waals surface area contributed by atoms with Crippen molar-refractivity contribution in [1.82, 2.24) is 15.5 Å². The summed E-state index contributed by atoms with van der Waals surface area (Å²) in [6.45, 7) is 8.89. The average molecular weight is 304 g/mol. The molecule has 2 saturated carbocycles. The number of carbonyl (C=O) groups is 1. The quantitative estimate of drug-likeness (QED) is 0.670. The Bertz CT molecular complexity index is 297. The molecule has 0 heterocycles. The molecule has 2 bridgehead atoms. The SMILES string of the molecule is CCN(CC)CCNCC(=O)NC1CC2CCC1C2.Cl. The lowest BCUT2D eigenvalue weighted by Gasteiger charge is -2.23. The minimum atomic E-state index is 0. The zero-order valence-corrected chi connectivity index (χ0v) is 13.7. The molecule has 2 N–H and O–H groups in total. The first-order valence-corrected chi connectivity index (χ1v) is 7.95. The largest absolute Gasteiger partial charge is 0.352 e. The summed E-state index contributed by atoms with van der Waals surface area (Å²) >= 11 is 0. The molecular formula is C15H30ClN3O. The number of likely N-dealkylation sites (N-methyl/N-ethyl adjacent to an activating group) is 1. The fourth-order valence-electron chi connectivity index (χ4n) is 3.66. The second-order valence-corrected chi connectivity index (χ2v) is 6.05. The van der Waals surface area contributed by atoms with Crippen LogP contribution in [-0.4, -0.2) is 49.6 Å². The van der Waals surface area contributed by atoms with Crippen LogP contribution in [0.5, 0.6) is 0 Å². The molecule has 0 saturated heterocycles. The van der Waals surface area contributed by atoms with Gasteiger partial charge in [-0.3, -0.25) is 4.79 Å². The van der Waals surface area contributed by atoms with Crippen molar-refractivity contribution in [2.75, 3.05) is 32.7 Å². The van der Waals surface area contributed by atoms with Gasteiger partial charge in [0.2, 0.25) is 5.91 Å². The van der Waals surface area contributed by atoms with E-state index < -0.39 is 0 Å². The van der Waals surface area contributed by atoms with Gasteiger partial charge in [-0.1, -0.05) is 20.3 Å². The predicted octanol–water partition coefficient (Wildman–Crippen LogP) is 1.64. The normalized spacial score (nSPS) is 27.6. The Morgan fingerprint density at radius 1 is 1.20 bits per heavy atom. The Morgan fingerprint density at radius 2 is 1.95 bits per heavy atom. The molecule has 20 heavy (non-hydrogen) atoms. The Balaban J connectivity index is 0.00000200. The van der Waals surface area contributed by atoms with Crippen LogP contribution in [0.2, 0.25) is 0 Å². The number of fused-ring (bicyclic) bond motifs is 2. The first-order valence-electron chi connectivity index (χ1n) is 7.95. The molecule has 0 aliphatic heterocycles. The number of amides is 1. The van der Waals surface area contributed by atoms with Gasteiger partial charge in [-0.2, -0.15) is 0 Å². The van der Waals surface area contributed by atoms with E-state index in [1.54, 1.807) is 0 Å². The standard InChI is InChI=1S/C15H29N3O.ClH/c1-3-18(4-2)8-7-16-11-15(19)17-14-10-12-5-6-13(14)9-12;/h12-14,16H,3-11H2,1-2H3,(H,17,19);1H. The molecule has 4 nitrogen and oxygen atoms in total. The first kappa shape index (κ1) is 17.7. The van der Waals surface area contributed by atoms with Crippen LogP contribution in [0, 0.1) is 11.8 Å². The van der Waals surface area contributed by atoms with E-state index in [9.17, 15) is 4.79 Å². The van der Waals surface area contributed by atoms with E-state index in [-0.39, 0.29) is 18.3 Å². The molecule has 0 aromatic rings. The van der Waals surface area contributed by atoms with Gasteiger partial charge in [-0.25, -0.2) is 0 Å². The lowest BCUT2D eigenvalue weighted by Crippen LogP contribution is -2.44. The van der Waals surface area contributed by atoms with Crippen LogP contribution >= 0.6 is 12.4 Å². The summed E-state index contributed by atoms with van der Waals surface area (Å²) in [5.74, 6) is 1.84. The summed E-state index contributed by atoms with van der Waals surface area (Å²) in [5, 5.41) is 6.46. The third kappa shape index (κ3) is 4.90. The lowest BCUT2D eigenvalue weighted by molar-refractivity contribution is -0.121. The number of nitrogens with one attached hydrogen (secondary N) is 2. The summed E-state index contributed by atoms with van der Waals surface area (Å²) in [6.07, 6.45) is 5.28. The van der Waals surface area contributed by atoms with Gasteiger partial charge < -0.3 is 15.5 Å². The van der Waals surface area contributed by atoms with Gasteiger partial charge in [-0.05, 0) is 44.2 Å². The van der Waals surface area contributed by atoms with Crippen LogP contribution in [0.3, 0.4) is 0 Å². The molecule has 0 spiro atoms. The Morgan fingerprint density at radius 3 is 2.50 bits per heavy atom. The second-order valence-electron chi connectivity index (χ2n) is 6.05. The minimum Gasteiger partial charge on any atom is -0.352 e. The molecule has 3 unspecified atom stereocenters. The topological polar surface area (TPSA) is 44.4 Å². The van der Waals surface area contributed by atoms with Gasteiger partial charge in [-0.15, -0.1) is 12.4 Å². The summed E-state index contributed by atoms with van der Waals surface area (Å²) < 4.78 is 0. The van der Waals surface area contributed by atoms with Crippen LogP contribution < -0.4 is 10.6 Å². The van der Waals surface area contributed by atoms with Crippen LogP contribution in [0.25, 0.3) is 0 Å². The van der Waals surface area contributed by atoms with Gasteiger partial charge in [0, 0.05) is 19.1 Å². The zero-order valence-electron chi connectivity index (χ0n) is 12.9. The van der Waals surface area contributed by atoms with E-state index in [4.69, 9.17) is 0 Å². The van der Waals surface area contributed by atoms with Gasteiger partial charge in [0.15, 0.2) is 0 Å². The Labute approximate surface area is 129 Å². The maximum atomic E-state index is 11.9. The summed E-state index contributed by atoms with van der Waals surface area (Å²) in [7, 11) is 0. The molecular weight excluding hydrogens is 274 g/mol. The van der Waals surface area contributed by atoms with Crippen molar-refractivity contribution in [3.8, 4) is 0 Å². The van der Waals surface area contributed by atoms with Crippen LogP contribution in [0.15, 0.2) is 0 Å². The molecule has 0 radical (unpaired) electrons. The lowest BCUT2D eigenvalue weighted by atomic mass is 9.95. The molecule has 2 fully saturated rings. The maximum absolute atomic E-state index is 11.9. The Hall–Kier alpha value is -0.320. The average Bonchev–Trinajstić information content (AvgIpc) is 3.01. The van der Waals surface area contributed by atoms with Crippen LogP contribution in [0.4, 0.5) is 0 Å². The van der Waals surface area contributed by atoms with Gasteiger partial charge in [0.1, 0.15) is 0 Å². The van der Waals surface area contributed by atoms with E-state index in [1.807, 2.05) is 0 Å². The molecule has 0 aromatic carbocycles. The molecule has 3 atom stereocenters. The maximum Gasteiger partial charge on any atom is 0.234 e.